The van der Waals surface area contributed by atoms with Gasteiger partial charge in [0.2, 0.25) is 0 Å². The molecule has 0 atom stereocenters. The van der Waals surface area contributed by atoms with Crippen LogP contribution in [-0.4, -0.2) is 23.3 Å². The summed E-state index contributed by atoms with van der Waals surface area (Å²) in [6, 6.07) is 21.5. The van der Waals surface area contributed by atoms with E-state index in [9.17, 15) is 10.2 Å². The molecule has 26 heavy (non-hydrogen) atoms. The second-order valence-corrected chi connectivity index (χ2v) is 7.03. The number of aromatic hydroxyl groups is 2. The third-order valence-corrected chi connectivity index (χ3v) is 5.06. The number of nitrogens with one attached hydrogen (secondary N) is 1. The highest BCUT2D eigenvalue weighted by Gasteiger charge is 2.09. The zero-order chi connectivity index (χ0) is 18.4. The lowest BCUT2D eigenvalue weighted by Gasteiger charge is -2.11. The third-order valence-electron chi connectivity index (χ3n) is 4.42. The van der Waals surface area contributed by atoms with Gasteiger partial charge in [-0.15, -0.1) is 0 Å². The van der Waals surface area contributed by atoms with Crippen LogP contribution in [0.3, 0.4) is 0 Å². The summed E-state index contributed by atoms with van der Waals surface area (Å²) in [5, 5.41) is 24.0. The van der Waals surface area contributed by atoms with Crippen LogP contribution in [0.4, 0.5) is 0 Å². The van der Waals surface area contributed by atoms with E-state index in [0.29, 0.717) is 11.5 Å². The van der Waals surface area contributed by atoms with Crippen LogP contribution in [0.15, 0.2) is 71.2 Å². The SMILES string of the molecule is Oc1c(Br)cccc1CCNCCc1cccc(-c2ccccc2)c1O. The van der Waals surface area contributed by atoms with E-state index in [4.69, 9.17) is 0 Å². The van der Waals surface area contributed by atoms with Crippen LogP contribution in [-0.2, 0) is 12.8 Å². The van der Waals surface area contributed by atoms with Crippen LogP contribution in [0.1, 0.15) is 11.1 Å². The number of hydrogen-bond donors (Lipinski definition) is 3. The van der Waals surface area contributed by atoms with Gasteiger partial charge in [-0.25, -0.2) is 0 Å². The molecule has 0 aromatic heterocycles. The molecule has 0 amide bonds. The number of phenolic OH excluding ortho intramolecular Hbond substituents is 2. The van der Waals surface area contributed by atoms with Gasteiger partial charge in [0.25, 0.3) is 0 Å². The smallest absolute Gasteiger partial charge is 0.132 e. The fourth-order valence-corrected chi connectivity index (χ4v) is 3.38. The van der Waals surface area contributed by atoms with Gasteiger partial charge in [0.15, 0.2) is 0 Å². The second kappa shape index (κ2) is 8.88. The van der Waals surface area contributed by atoms with Crippen molar-refractivity contribution in [3.8, 4) is 22.6 Å². The lowest BCUT2D eigenvalue weighted by Crippen LogP contribution is -2.20. The number of halogens is 1. The van der Waals surface area contributed by atoms with Gasteiger partial charge in [0.05, 0.1) is 4.47 Å². The number of para-hydroxylation sites is 2. The molecule has 0 fully saturated rings. The Balaban J connectivity index is 1.55. The maximum Gasteiger partial charge on any atom is 0.132 e. The first-order valence-corrected chi connectivity index (χ1v) is 9.49. The molecule has 0 bridgehead atoms. The summed E-state index contributed by atoms with van der Waals surface area (Å²) in [7, 11) is 0. The largest absolute Gasteiger partial charge is 0.507 e. The Labute approximate surface area is 162 Å². The van der Waals surface area contributed by atoms with Crippen molar-refractivity contribution in [1.82, 2.24) is 5.32 Å². The maximum absolute atomic E-state index is 10.6. The predicted molar refractivity (Wildman–Crippen MR) is 110 cm³/mol. The van der Waals surface area contributed by atoms with Gasteiger partial charge in [-0.1, -0.05) is 60.7 Å². The quantitative estimate of drug-likeness (QED) is 0.484. The first-order valence-electron chi connectivity index (χ1n) is 8.70. The molecule has 3 aromatic rings. The molecule has 3 aromatic carbocycles. The summed E-state index contributed by atoms with van der Waals surface area (Å²) < 4.78 is 0.720. The fraction of sp³-hybridized carbons (Fsp3) is 0.182. The highest BCUT2D eigenvalue weighted by molar-refractivity contribution is 9.10. The van der Waals surface area contributed by atoms with Gasteiger partial charge in [-0.05, 0) is 64.6 Å². The van der Waals surface area contributed by atoms with E-state index in [1.165, 1.54) is 0 Å². The zero-order valence-corrected chi connectivity index (χ0v) is 16.0. The molecule has 0 aliphatic carbocycles. The summed E-state index contributed by atoms with van der Waals surface area (Å²) >= 11 is 3.34. The van der Waals surface area contributed by atoms with Crippen molar-refractivity contribution in [1.29, 1.82) is 0 Å². The van der Waals surface area contributed by atoms with Crippen molar-refractivity contribution in [2.24, 2.45) is 0 Å². The average molecular weight is 412 g/mol. The standard InChI is InChI=1S/C22H22BrNO2/c23-20-11-5-9-18(22(20)26)13-15-24-14-12-17-8-4-10-19(21(17)25)16-6-2-1-3-7-16/h1-11,24-26H,12-15H2. The van der Waals surface area contributed by atoms with E-state index in [0.717, 1.165) is 52.7 Å². The van der Waals surface area contributed by atoms with Crippen LogP contribution in [0.25, 0.3) is 11.1 Å². The normalized spacial score (nSPS) is 10.8. The van der Waals surface area contributed by atoms with E-state index < -0.39 is 0 Å². The van der Waals surface area contributed by atoms with Crippen LogP contribution in [0, 0.1) is 0 Å². The van der Waals surface area contributed by atoms with Gasteiger partial charge in [0.1, 0.15) is 11.5 Å². The Hall–Kier alpha value is -2.30. The maximum atomic E-state index is 10.6. The summed E-state index contributed by atoms with van der Waals surface area (Å²) in [5.74, 6) is 0.660. The van der Waals surface area contributed by atoms with Gasteiger partial charge >= 0.3 is 0 Å². The molecule has 0 aliphatic rings. The van der Waals surface area contributed by atoms with Crippen LogP contribution in [0.2, 0.25) is 0 Å². The van der Waals surface area contributed by atoms with Crippen molar-refractivity contribution in [3.63, 3.8) is 0 Å². The van der Waals surface area contributed by atoms with E-state index >= 15 is 0 Å². The minimum Gasteiger partial charge on any atom is -0.507 e. The predicted octanol–water partition coefficient (Wildman–Crippen LogP) is 4.90. The molecule has 3 nitrogen and oxygen atoms in total. The Bertz CT molecular complexity index is 865. The molecule has 0 unspecified atom stereocenters. The van der Waals surface area contributed by atoms with E-state index in [1.807, 2.05) is 66.7 Å². The third kappa shape index (κ3) is 4.45. The molecule has 0 spiro atoms. The molecule has 0 saturated carbocycles. The summed E-state index contributed by atoms with van der Waals surface area (Å²) in [4.78, 5) is 0. The molecule has 134 valence electrons. The lowest BCUT2D eigenvalue weighted by atomic mass is 10.00. The molecule has 4 heteroatoms. The number of hydrogen-bond acceptors (Lipinski definition) is 3. The molecule has 3 N–H and O–H groups in total. The summed E-state index contributed by atoms with van der Waals surface area (Å²) in [5.41, 5.74) is 3.73. The molecule has 0 saturated heterocycles. The van der Waals surface area contributed by atoms with E-state index in [-0.39, 0.29) is 0 Å². The topological polar surface area (TPSA) is 52.5 Å². The minimum atomic E-state index is 0.308. The lowest BCUT2D eigenvalue weighted by molar-refractivity contribution is 0.463. The van der Waals surface area contributed by atoms with Crippen molar-refractivity contribution in [2.45, 2.75) is 12.8 Å². The van der Waals surface area contributed by atoms with Crippen molar-refractivity contribution >= 4 is 15.9 Å². The van der Waals surface area contributed by atoms with Gasteiger partial charge in [-0.2, -0.15) is 0 Å². The van der Waals surface area contributed by atoms with Crippen molar-refractivity contribution < 1.29 is 10.2 Å². The number of phenols is 2. The fourth-order valence-electron chi connectivity index (χ4n) is 2.98. The molecule has 0 radical (unpaired) electrons. The molecule has 0 aliphatic heterocycles. The van der Waals surface area contributed by atoms with Crippen LogP contribution in [0.5, 0.6) is 11.5 Å². The molecular formula is C22H22BrNO2. The molecule has 3 rings (SSSR count). The van der Waals surface area contributed by atoms with Gasteiger partial charge in [0, 0.05) is 5.56 Å². The van der Waals surface area contributed by atoms with Crippen LogP contribution >= 0.6 is 15.9 Å². The van der Waals surface area contributed by atoms with Crippen molar-refractivity contribution in [2.75, 3.05) is 13.1 Å². The summed E-state index contributed by atoms with van der Waals surface area (Å²) in [6.07, 6.45) is 1.50. The number of benzene rings is 3. The average Bonchev–Trinajstić information content (AvgIpc) is 2.66. The Morgan fingerprint density at radius 1 is 0.692 bits per heavy atom. The Morgan fingerprint density at radius 3 is 2.00 bits per heavy atom. The van der Waals surface area contributed by atoms with Gasteiger partial charge < -0.3 is 15.5 Å². The Kier molecular flexibility index (Phi) is 6.31. The van der Waals surface area contributed by atoms with Gasteiger partial charge in [-0.3, -0.25) is 0 Å². The van der Waals surface area contributed by atoms with E-state index in [1.54, 1.807) is 0 Å². The summed E-state index contributed by atoms with van der Waals surface area (Å²) in [6.45, 7) is 1.53. The second-order valence-electron chi connectivity index (χ2n) is 6.18. The first kappa shape index (κ1) is 18.5. The van der Waals surface area contributed by atoms with E-state index in [2.05, 4.69) is 21.2 Å². The highest BCUT2D eigenvalue weighted by atomic mass is 79.9. The molecular weight excluding hydrogens is 390 g/mol. The molecule has 0 heterocycles. The zero-order valence-electron chi connectivity index (χ0n) is 14.5. The van der Waals surface area contributed by atoms with Crippen molar-refractivity contribution in [3.05, 3.63) is 82.3 Å². The Morgan fingerprint density at radius 2 is 1.31 bits per heavy atom. The highest BCUT2D eigenvalue weighted by Crippen LogP contribution is 2.32. The minimum absolute atomic E-state index is 0.308. The number of rotatable bonds is 7. The first-order chi connectivity index (χ1) is 12.7. The monoisotopic (exact) mass is 411 g/mol. The van der Waals surface area contributed by atoms with Crippen LogP contribution < -0.4 is 5.32 Å².